The van der Waals surface area contributed by atoms with Crippen LogP contribution in [0.2, 0.25) is 0 Å². The van der Waals surface area contributed by atoms with E-state index in [2.05, 4.69) is 5.09 Å². The molecule has 0 aliphatic heterocycles. The van der Waals surface area contributed by atoms with Crippen molar-refractivity contribution in [3.8, 4) is 0 Å². The second-order valence-electron chi connectivity index (χ2n) is 4.02. The summed E-state index contributed by atoms with van der Waals surface area (Å²) in [4.78, 5) is 11.6. The highest BCUT2D eigenvalue weighted by Gasteiger charge is 2.28. The lowest BCUT2D eigenvalue weighted by Gasteiger charge is -2.20. The van der Waals surface area contributed by atoms with E-state index in [1.807, 2.05) is 12.1 Å². The molecule has 3 N–H and O–H groups in total. The Bertz CT molecular complexity index is 556. The van der Waals surface area contributed by atoms with Gasteiger partial charge in [0.25, 0.3) is 0 Å². The summed E-state index contributed by atoms with van der Waals surface area (Å²) in [5.74, 6) is -0.434. The number of amides is 1. The van der Waals surface area contributed by atoms with Gasteiger partial charge in [0.15, 0.2) is 0 Å². The van der Waals surface area contributed by atoms with E-state index in [9.17, 15) is 9.36 Å². The zero-order chi connectivity index (χ0) is 13.7. The second kappa shape index (κ2) is 5.83. The van der Waals surface area contributed by atoms with Crippen LogP contribution >= 0.6 is 7.29 Å². The number of carbonyl (C=O) groups excluding carboxylic acids is 1. The highest BCUT2D eigenvalue weighted by atomic mass is 31.2. The molecule has 1 amide bonds. The highest BCUT2D eigenvalue weighted by Crippen LogP contribution is 2.38. The topological polar surface area (TPSA) is 72.2 Å². The molecular weight excluding hydrogens is 259 g/mol. The Labute approximate surface area is 112 Å². The van der Waals surface area contributed by atoms with Crippen molar-refractivity contribution in [1.82, 2.24) is 5.09 Å². The molecule has 98 valence electrons. The van der Waals surface area contributed by atoms with Crippen molar-refractivity contribution in [1.29, 1.82) is 0 Å². The SMILES string of the molecule is NCC(=O)NP(=O)(c1ccccc1)c1ccccc1. The van der Waals surface area contributed by atoms with E-state index in [0.717, 1.165) is 0 Å². The minimum Gasteiger partial charge on any atom is -0.322 e. The van der Waals surface area contributed by atoms with Gasteiger partial charge >= 0.3 is 0 Å². The van der Waals surface area contributed by atoms with Gasteiger partial charge in [-0.05, 0) is 24.3 Å². The molecule has 0 spiro atoms. The molecule has 0 aliphatic rings. The van der Waals surface area contributed by atoms with Crippen LogP contribution in [0.25, 0.3) is 0 Å². The van der Waals surface area contributed by atoms with Gasteiger partial charge in [0.05, 0.1) is 6.54 Å². The smallest absolute Gasteiger partial charge is 0.239 e. The number of carbonyl (C=O) groups is 1. The minimum absolute atomic E-state index is 0.191. The Kier molecular flexibility index (Phi) is 4.15. The predicted octanol–water partition coefficient (Wildman–Crippen LogP) is 0.990. The molecule has 0 heterocycles. The van der Waals surface area contributed by atoms with E-state index >= 15 is 0 Å². The first-order valence-corrected chi connectivity index (χ1v) is 7.60. The molecule has 19 heavy (non-hydrogen) atoms. The van der Waals surface area contributed by atoms with Crippen LogP contribution in [-0.4, -0.2) is 12.5 Å². The van der Waals surface area contributed by atoms with Gasteiger partial charge < -0.3 is 5.73 Å². The zero-order valence-corrected chi connectivity index (χ0v) is 11.2. The number of nitrogens with one attached hydrogen (secondary N) is 1. The molecule has 2 rings (SSSR count). The second-order valence-corrected chi connectivity index (χ2v) is 6.49. The molecule has 0 saturated heterocycles. The van der Waals surface area contributed by atoms with Crippen molar-refractivity contribution in [2.24, 2.45) is 5.73 Å². The van der Waals surface area contributed by atoms with Gasteiger partial charge in [0.1, 0.15) is 0 Å². The fourth-order valence-electron chi connectivity index (χ4n) is 1.78. The Morgan fingerprint density at radius 3 is 1.74 bits per heavy atom. The fraction of sp³-hybridized carbons (Fsp3) is 0.0714. The van der Waals surface area contributed by atoms with Crippen molar-refractivity contribution in [2.75, 3.05) is 6.54 Å². The van der Waals surface area contributed by atoms with Crippen molar-refractivity contribution in [3.05, 3.63) is 60.7 Å². The average Bonchev–Trinajstić information content (AvgIpc) is 2.48. The summed E-state index contributed by atoms with van der Waals surface area (Å²) in [7, 11) is -3.18. The number of benzene rings is 2. The Morgan fingerprint density at radius 2 is 1.37 bits per heavy atom. The molecular formula is C14H15N2O2P. The molecule has 5 heteroatoms. The van der Waals surface area contributed by atoms with Gasteiger partial charge in [-0.3, -0.25) is 14.4 Å². The Hall–Kier alpha value is -1.90. The lowest BCUT2D eigenvalue weighted by Crippen LogP contribution is -2.35. The van der Waals surface area contributed by atoms with Crippen molar-refractivity contribution in [2.45, 2.75) is 0 Å². The third-order valence-electron chi connectivity index (χ3n) is 2.71. The summed E-state index contributed by atoms with van der Waals surface area (Å²) in [6.45, 7) is -0.191. The van der Waals surface area contributed by atoms with Crippen molar-refractivity contribution in [3.63, 3.8) is 0 Å². The maximum Gasteiger partial charge on any atom is 0.239 e. The van der Waals surface area contributed by atoms with Crippen LogP contribution in [0, 0.1) is 0 Å². The standard InChI is InChI=1S/C14H15N2O2P/c15-11-14(17)16-19(18,12-7-3-1-4-8-12)13-9-5-2-6-10-13/h1-10H,11,15H2,(H,16,17,18). The van der Waals surface area contributed by atoms with E-state index in [0.29, 0.717) is 10.6 Å². The number of hydrogen-bond donors (Lipinski definition) is 2. The van der Waals surface area contributed by atoms with Crippen LogP contribution in [0.4, 0.5) is 0 Å². The summed E-state index contributed by atoms with van der Waals surface area (Å²) in [5.41, 5.74) is 5.30. The summed E-state index contributed by atoms with van der Waals surface area (Å²) >= 11 is 0. The van der Waals surface area contributed by atoms with Crippen LogP contribution in [0.3, 0.4) is 0 Å². The van der Waals surface area contributed by atoms with E-state index in [1.54, 1.807) is 48.5 Å². The van der Waals surface area contributed by atoms with Crippen molar-refractivity contribution >= 4 is 23.8 Å². The summed E-state index contributed by atoms with van der Waals surface area (Å²) in [6, 6.07) is 17.8. The molecule has 0 bridgehead atoms. The molecule has 2 aromatic carbocycles. The normalized spacial score (nSPS) is 11.0. The molecule has 0 radical (unpaired) electrons. The predicted molar refractivity (Wildman–Crippen MR) is 77.0 cm³/mol. The highest BCUT2D eigenvalue weighted by molar-refractivity contribution is 7.77. The van der Waals surface area contributed by atoms with E-state index < -0.39 is 13.2 Å². The largest absolute Gasteiger partial charge is 0.322 e. The summed E-state index contributed by atoms with van der Waals surface area (Å²) < 4.78 is 13.2. The third-order valence-corrected chi connectivity index (χ3v) is 5.32. The first-order valence-electron chi connectivity index (χ1n) is 5.89. The quantitative estimate of drug-likeness (QED) is 0.817. The van der Waals surface area contributed by atoms with Gasteiger partial charge in [0, 0.05) is 10.6 Å². The first kappa shape index (κ1) is 13.5. The molecule has 2 aromatic rings. The summed E-state index contributed by atoms with van der Waals surface area (Å²) in [5, 5.41) is 3.74. The number of hydrogen-bond acceptors (Lipinski definition) is 3. The molecule has 0 aromatic heterocycles. The molecule has 0 fully saturated rings. The fourth-order valence-corrected chi connectivity index (χ4v) is 3.96. The van der Waals surface area contributed by atoms with Gasteiger partial charge in [-0.1, -0.05) is 36.4 Å². The third kappa shape index (κ3) is 2.92. The zero-order valence-electron chi connectivity index (χ0n) is 10.3. The van der Waals surface area contributed by atoms with Crippen LogP contribution in [0.1, 0.15) is 0 Å². The molecule has 0 atom stereocenters. The lowest BCUT2D eigenvalue weighted by atomic mass is 10.4. The van der Waals surface area contributed by atoms with Crippen LogP contribution in [0.5, 0.6) is 0 Å². The maximum atomic E-state index is 13.2. The Morgan fingerprint density at radius 1 is 0.947 bits per heavy atom. The lowest BCUT2D eigenvalue weighted by molar-refractivity contribution is -0.118. The molecule has 4 nitrogen and oxygen atoms in total. The van der Waals surface area contributed by atoms with Crippen molar-refractivity contribution < 1.29 is 9.36 Å². The van der Waals surface area contributed by atoms with Gasteiger partial charge in [0.2, 0.25) is 13.2 Å². The first-order chi connectivity index (χ1) is 9.16. The number of rotatable bonds is 4. The number of nitrogens with two attached hydrogens (primary N) is 1. The minimum atomic E-state index is -3.18. The van der Waals surface area contributed by atoms with Gasteiger partial charge in [-0.2, -0.15) is 0 Å². The molecule has 0 aliphatic carbocycles. The van der Waals surface area contributed by atoms with E-state index in [-0.39, 0.29) is 6.54 Å². The monoisotopic (exact) mass is 274 g/mol. The summed E-state index contributed by atoms with van der Waals surface area (Å²) in [6.07, 6.45) is 0. The molecule has 0 saturated carbocycles. The average molecular weight is 274 g/mol. The van der Waals surface area contributed by atoms with Crippen LogP contribution in [0.15, 0.2) is 60.7 Å². The van der Waals surface area contributed by atoms with Gasteiger partial charge in [-0.15, -0.1) is 0 Å². The van der Waals surface area contributed by atoms with E-state index in [4.69, 9.17) is 5.73 Å². The van der Waals surface area contributed by atoms with Gasteiger partial charge in [-0.25, -0.2) is 0 Å². The Balaban J connectivity index is 2.51. The maximum absolute atomic E-state index is 13.2. The van der Waals surface area contributed by atoms with E-state index in [1.165, 1.54) is 0 Å². The van der Waals surface area contributed by atoms with Crippen LogP contribution < -0.4 is 21.4 Å². The van der Waals surface area contributed by atoms with Crippen LogP contribution in [-0.2, 0) is 9.36 Å². The molecule has 0 unspecified atom stereocenters.